The molecule has 0 atom stereocenters. The van der Waals surface area contributed by atoms with E-state index in [0.29, 0.717) is 0 Å². The molecule has 0 radical (unpaired) electrons. The van der Waals surface area contributed by atoms with Crippen molar-refractivity contribution in [1.29, 1.82) is 0 Å². The molecule has 0 spiro atoms. The molecule has 2 N–H and O–H groups in total. The van der Waals surface area contributed by atoms with Gasteiger partial charge in [-0.15, -0.1) is 25.8 Å². The third-order valence-electron chi connectivity index (χ3n) is 1.48. The van der Waals surface area contributed by atoms with E-state index in [1.165, 1.54) is 12.1 Å². The molecular formula is C8H6F3NO2S. The monoisotopic (exact) mass is 237 g/mol. The van der Waals surface area contributed by atoms with Gasteiger partial charge in [0, 0.05) is 4.90 Å². The van der Waals surface area contributed by atoms with E-state index in [4.69, 9.17) is 5.73 Å². The van der Waals surface area contributed by atoms with Gasteiger partial charge in [0.15, 0.2) is 0 Å². The van der Waals surface area contributed by atoms with Crippen molar-refractivity contribution in [3.05, 3.63) is 23.8 Å². The molecule has 0 aliphatic heterocycles. The smallest absolute Gasteiger partial charge is 0.405 e. The van der Waals surface area contributed by atoms with Crippen LogP contribution in [0.4, 0.5) is 13.2 Å². The molecule has 0 aliphatic rings. The minimum Gasteiger partial charge on any atom is -0.405 e. The van der Waals surface area contributed by atoms with Gasteiger partial charge in [0.25, 0.3) is 5.91 Å². The van der Waals surface area contributed by atoms with Gasteiger partial charge in [0.05, 0.1) is 5.56 Å². The molecule has 3 nitrogen and oxygen atoms in total. The quantitative estimate of drug-likeness (QED) is 0.772. The summed E-state index contributed by atoms with van der Waals surface area (Å²) in [6.45, 7) is 0. The number of ether oxygens (including phenoxy) is 1. The van der Waals surface area contributed by atoms with E-state index in [2.05, 4.69) is 17.4 Å². The lowest BCUT2D eigenvalue weighted by Crippen LogP contribution is -2.21. The Morgan fingerprint density at radius 1 is 1.40 bits per heavy atom. The molecule has 0 saturated carbocycles. The van der Waals surface area contributed by atoms with Crippen LogP contribution < -0.4 is 10.5 Å². The fourth-order valence-corrected chi connectivity index (χ4v) is 1.28. The molecule has 82 valence electrons. The average Bonchev–Trinajstić information content (AvgIpc) is 1.99. The number of hydrogen-bond donors (Lipinski definition) is 2. The van der Waals surface area contributed by atoms with E-state index < -0.39 is 23.6 Å². The lowest BCUT2D eigenvalue weighted by Gasteiger charge is -2.12. The predicted octanol–water partition coefficient (Wildman–Crippen LogP) is 1.97. The Balaban J connectivity index is 3.18. The number of carbonyl (C=O) groups is 1. The van der Waals surface area contributed by atoms with Gasteiger partial charge < -0.3 is 10.5 Å². The molecule has 0 unspecified atom stereocenters. The maximum atomic E-state index is 11.9. The largest absolute Gasteiger partial charge is 0.573 e. The van der Waals surface area contributed by atoms with Crippen LogP contribution >= 0.6 is 12.6 Å². The molecule has 0 saturated heterocycles. The molecule has 1 amide bonds. The van der Waals surface area contributed by atoms with Gasteiger partial charge in [-0.25, -0.2) is 0 Å². The Morgan fingerprint density at radius 3 is 2.47 bits per heavy atom. The molecule has 0 aliphatic carbocycles. The summed E-state index contributed by atoms with van der Waals surface area (Å²) < 4.78 is 39.4. The number of halogens is 3. The molecule has 15 heavy (non-hydrogen) atoms. The molecular weight excluding hydrogens is 231 g/mol. The summed E-state index contributed by atoms with van der Waals surface area (Å²) in [6.07, 6.45) is -4.87. The second-order valence-corrected chi connectivity index (χ2v) is 3.04. The molecule has 7 heteroatoms. The minimum atomic E-state index is -4.87. The van der Waals surface area contributed by atoms with Crippen LogP contribution in [0.15, 0.2) is 23.1 Å². The minimum absolute atomic E-state index is 0.0317. The van der Waals surface area contributed by atoms with Crippen LogP contribution in [-0.4, -0.2) is 12.3 Å². The van der Waals surface area contributed by atoms with Gasteiger partial charge >= 0.3 is 6.36 Å². The predicted molar refractivity (Wildman–Crippen MR) is 48.9 cm³/mol. The second-order valence-electron chi connectivity index (χ2n) is 2.56. The molecule has 1 rings (SSSR count). The number of primary amides is 1. The van der Waals surface area contributed by atoms with Gasteiger partial charge in [-0.1, -0.05) is 6.07 Å². The van der Waals surface area contributed by atoms with Crippen molar-refractivity contribution in [2.24, 2.45) is 5.73 Å². The number of nitrogens with two attached hydrogens (primary N) is 1. The first kappa shape index (κ1) is 11.7. The first-order valence-electron chi connectivity index (χ1n) is 3.69. The van der Waals surface area contributed by atoms with Gasteiger partial charge in [0.1, 0.15) is 5.75 Å². The fraction of sp³-hybridized carbons (Fsp3) is 0.125. The van der Waals surface area contributed by atoms with Crippen molar-refractivity contribution in [2.75, 3.05) is 0 Å². The Morgan fingerprint density at radius 2 is 2.00 bits per heavy atom. The Labute approximate surface area is 88.4 Å². The van der Waals surface area contributed by atoms with Crippen LogP contribution in [0.3, 0.4) is 0 Å². The zero-order valence-electron chi connectivity index (χ0n) is 7.21. The lowest BCUT2D eigenvalue weighted by molar-refractivity contribution is -0.274. The normalized spacial score (nSPS) is 11.2. The summed E-state index contributed by atoms with van der Waals surface area (Å²) in [6, 6.07) is 3.61. The molecule has 1 aromatic rings. The maximum absolute atomic E-state index is 11.9. The number of thiol groups is 1. The van der Waals surface area contributed by atoms with Crippen molar-refractivity contribution in [3.63, 3.8) is 0 Å². The molecule has 1 aromatic carbocycles. The highest BCUT2D eigenvalue weighted by atomic mass is 32.1. The summed E-state index contributed by atoms with van der Waals surface area (Å²) in [4.78, 5) is 10.9. The van der Waals surface area contributed by atoms with Gasteiger partial charge in [-0.05, 0) is 12.1 Å². The van der Waals surface area contributed by atoms with Crippen molar-refractivity contribution >= 4 is 18.5 Å². The van der Waals surface area contributed by atoms with E-state index in [1.54, 1.807) is 0 Å². The summed E-state index contributed by atoms with van der Waals surface area (Å²) in [5.74, 6) is -1.68. The van der Waals surface area contributed by atoms with Crippen LogP contribution in [0.5, 0.6) is 5.75 Å². The molecule has 0 heterocycles. The number of hydrogen-bond acceptors (Lipinski definition) is 3. The van der Waals surface area contributed by atoms with E-state index in [-0.39, 0.29) is 4.90 Å². The van der Waals surface area contributed by atoms with E-state index in [1.807, 2.05) is 0 Å². The topological polar surface area (TPSA) is 52.3 Å². The van der Waals surface area contributed by atoms with Gasteiger partial charge in [-0.3, -0.25) is 4.79 Å². The Hall–Kier alpha value is -1.37. The average molecular weight is 237 g/mol. The van der Waals surface area contributed by atoms with Crippen molar-refractivity contribution in [1.82, 2.24) is 0 Å². The summed E-state index contributed by atoms with van der Waals surface area (Å²) in [5, 5.41) is 0. The molecule has 0 bridgehead atoms. The number of benzene rings is 1. The number of rotatable bonds is 2. The fourth-order valence-electron chi connectivity index (χ4n) is 0.977. The third kappa shape index (κ3) is 3.05. The van der Waals surface area contributed by atoms with Crippen molar-refractivity contribution in [3.8, 4) is 5.75 Å². The Kier molecular flexibility index (Phi) is 3.13. The number of carbonyl (C=O) groups excluding carboxylic acids is 1. The number of alkyl halides is 3. The lowest BCUT2D eigenvalue weighted by atomic mass is 10.2. The zero-order valence-corrected chi connectivity index (χ0v) is 8.10. The summed E-state index contributed by atoms with van der Waals surface area (Å²) >= 11 is 3.81. The summed E-state index contributed by atoms with van der Waals surface area (Å²) in [5.41, 5.74) is 4.51. The number of amides is 1. The molecule has 0 aromatic heterocycles. The van der Waals surface area contributed by atoms with Gasteiger partial charge in [0.2, 0.25) is 0 Å². The van der Waals surface area contributed by atoms with Crippen molar-refractivity contribution in [2.45, 2.75) is 11.3 Å². The SMILES string of the molecule is NC(=O)c1c(S)cccc1OC(F)(F)F. The first-order valence-corrected chi connectivity index (χ1v) is 4.13. The first-order chi connectivity index (χ1) is 6.81. The zero-order chi connectivity index (χ0) is 11.6. The van der Waals surface area contributed by atoms with Gasteiger partial charge in [-0.2, -0.15) is 0 Å². The molecule has 0 fully saturated rings. The van der Waals surface area contributed by atoms with Crippen LogP contribution in [0.2, 0.25) is 0 Å². The van der Waals surface area contributed by atoms with E-state index >= 15 is 0 Å². The summed E-state index contributed by atoms with van der Waals surface area (Å²) in [7, 11) is 0. The van der Waals surface area contributed by atoms with E-state index in [9.17, 15) is 18.0 Å². The van der Waals surface area contributed by atoms with Crippen LogP contribution in [0.25, 0.3) is 0 Å². The third-order valence-corrected chi connectivity index (χ3v) is 1.85. The highest BCUT2D eigenvalue weighted by Crippen LogP contribution is 2.29. The highest BCUT2D eigenvalue weighted by molar-refractivity contribution is 7.80. The van der Waals surface area contributed by atoms with E-state index in [0.717, 1.165) is 6.07 Å². The standard InChI is InChI=1S/C8H6F3NO2S/c9-8(10,11)14-4-2-1-3-5(15)6(4)7(12)13/h1-3,15H,(H2,12,13). The van der Waals surface area contributed by atoms with Crippen molar-refractivity contribution < 1.29 is 22.7 Å². The Bertz CT molecular complexity index is 392. The van der Waals surface area contributed by atoms with Crippen LogP contribution in [0, 0.1) is 0 Å². The van der Waals surface area contributed by atoms with Crippen LogP contribution in [-0.2, 0) is 0 Å². The maximum Gasteiger partial charge on any atom is 0.573 e. The second kappa shape index (κ2) is 4.01. The van der Waals surface area contributed by atoms with Crippen LogP contribution in [0.1, 0.15) is 10.4 Å². The highest BCUT2D eigenvalue weighted by Gasteiger charge is 2.33.